The van der Waals surface area contributed by atoms with Crippen LogP contribution in [0.3, 0.4) is 0 Å². The Morgan fingerprint density at radius 1 is 0.531 bits per heavy atom. The zero-order chi connectivity index (χ0) is 36.3. The van der Waals surface area contributed by atoms with Gasteiger partial charge in [0, 0.05) is 6.08 Å². The number of hydrogen-bond donors (Lipinski definition) is 1. The van der Waals surface area contributed by atoms with Crippen LogP contribution < -0.4 is 0 Å². The predicted molar refractivity (Wildman–Crippen MR) is 217 cm³/mol. The highest BCUT2D eigenvalue weighted by atomic mass is 16.4. The minimum atomic E-state index is -0.916. The first kappa shape index (κ1) is 41.0. The van der Waals surface area contributed by atoms with Gasteiger partial charge in [-0.2, -0.15) is 0 Å². The zero-order valence-corrected chi connectivity index (χ0v) is 29.4. The fourth-order valence-electron chi connectivity index (χ4n) is 3.94. The lowest BCUT2D eigenvalue weighted by Crippen LogP contribution is -1.87. The van der Waals surface area contributed by atoms with Crippen molar-refractivity contribution in [1.29, 1.82) is 0 Å². The molecule has 5 aromatic rings. The van der Waals surface area contributed by atoms with E-state index in [9.17, 15) is 4.79 Å². The van der Waals surface area contributed by atoms with Gasteiger partial charge in [0.1, 0.15) is 0 Å². The summed E-state index contributed by atoms with van der Waals surface area (Å²) in [7, 11) is 0. The maximum atomic E-state index is 10.3. The van der Waals surface area contributed by atoms with E-state index >= 15 is 0 Å². The van der Waals surface area contributed by atoms with Crippen LogP contribution in [0.2, 0.25) is 0 Å². The topological polar surface area (TPSA) is 37.3 Å². The Labute approximate surface area is 295 Å². The Balaban J connectivity index is 0.000000311. The first-order valence-corrected chi connectivity index (χ1v) is 16.0. The Bertz CT molecular complexity index is 1760. The van der Waals surface area contributed by atoms with Crippen LogP contribution in [0.15, 0.2) is 178 Å². The first-order valence-electron chi connectivity index (χ1n) is 16.0. The van der Waals surface area contributed by atoms with Crippen LogP contribution >= 0.6 is 0 Å². The van der Waals surface area contributed by atoms with E-state index in [0.29, 0.717) is 0 Å². The number of hydrogen-bond acceptors (Lipinski definition) is 1. The molecule has 0 heterocycles. The summed E-state index contributed by atoms with van der Waals surface area (Å²) in [5.74, 6) is -0.916. The monoisotopic (exact) mass is 646 g/mol. The molecule has 0 aliphatic heterocycles. The smallest absolute Gasteiger partial charge is 0.328 e. The van der Waals surface area contributed by atoms with E-state index in [0.717, 1.165) is 11.1 Å². The lowest BCUT2D eigenvalue weighted by Gasteiger charge is -1.95. The van der Waals surface area contributed by atoms with Gasteiger partial charge >= 0.3 is 5.97 Å². The molecule has 0 aliphatic carbocycles. The second kappa shape index (κ2) is 25.1. The summed E-state index contributed by atoms with van der Waals surface area (Å²) in [6, 6.07) is 44.5. The quantitative estimate of drug-likeness (QED) is 0.141. The van der Waals surface area contributed by atoms with Gasteiger partial charge in [0.15, 0.2) is 0 Å². The molecular weight excluding hydrogens is 597 g/mol. The third-order valence-electron chi connectivity index (χ3n) is 6.72. The van der Waals surface area contributed by atoms with Crippen molar-refractivity contribution in [2.45, 2.75) is 27.7 Å². The van der Waals surface area contributed by atoms with Crippen LogP contribution in [-0.4, -0.2) is 11.1 Å². The molecule has 0 bridgehead atoms. The summed E-state index contributed by atoms with van der Waals surface area (Å²) in [5.41, 5.74) is 10.4. The van der Waals surface area contributed by atoms with Crippen LogP contribution in [-0.2, 0) is 4.79 Å². The van der Waals surface area contributed by atoms with Crippen molar-refractivity contribution in [1.82, 2.24) is 0 Å². The lowest BCUT2D eigenvalue weighted by atomic mass is 10.1. The molecule has 0 aromatic heterocycles. The van der Waals surface area contributed by atoms with Gasteiger partial charge in [0.25, 0.3) is 0 Å². The van der Waals surface area contributed by atoms with Crippen LogP contribution in [0.1, 0.15) is 51.4 Å². The number of carboxylic acids is 1. The van der Waals surface area contributed by atoms with Crippen LogP contribution in [0, 0.1) is 20.8 Å². The minimum absolute atomic E-state index is 0.723. The number of carbonyl (C=O) groups is 1. The molecule has 5 aromatic carbocycles. The molecule has 0 atom stereocenters. The third kappa shape index (κ3) is 20.0. The summed E-state index contributed by atoms with van der Waals surface area (Å²) in [6.45, 7) is 22.6. The van der Waals surface area contributed by atoms with Crippen molar-refractivity contribution >= 4 is 36.3 Å². The van der Waals surface area contributed by atoms with Crippen molar-refractivity contribution < 1.29 is 9.90 Å². The lowest BCUT2D eigenvalue weighted by molar-refractivity contribution is -0.131. The molecule has 0 saturated carbocycles. The van der Waals surface area contributed by atoms with Gasteiger partial charge in [-0.1, -0.05) is 207 Å². The number of aliphatic carboxylic acids is 1. The number of allylic oxidation sites excluding steroid dienone is 2. The van der Waals surface area contributed by atoms with Gasteiger partial charge in [-0.3, -0.25) is 0 Å². The van der Waals surface area contributed by atoms with Crippen molar-refractivity contribution in [2.75, 3.05) is 0 Å². The predicted octanol–water partition coefficient (Wildman–Crippen LogP) is 13.0. The van der Waals surface area contributed by atoms with Crippen LogP contribution in [0.5, 0.6) is 0 Å². The largest absolute Gasteiger partial charge is 0.478 e. The Morgan fingerprint density at radius 3 is 1.45 bits per heavy atom. The van der Waals surface area contributed by atoms with Gasteiger partial charge in [0.2, 0.25) is 0 Å². The Hall–Kier alpha value is -5.99. The molecule has 0 amide bonds. The first-order chi connectivity index (χ1) is 23.6. The normalized spacial score (nSPS) is 9.76. The van der Waals surface area contributed by atoms with Crippen LogP contribution in [0.25, 0.3) is 30.4 Å². The molecular formula is C47H50O2. The van der Waals surface area contributed by atoms with Gasteiger partial charge in [-0.05, 0) is 66.6 Å². The molecule has 1 N–H and O–H groups in total. The standard InChI is InChI=1S/C12H12O2.3C9H10.C8H8/c1-10(9-12(13)14)7-8-11-5-3-2-4-6-11;1-3-9-6-4-8(2)5-7-9;1-3-9-6-4-5-8(2)7-9;1-3-9-7-5-4-6-8(9)2;1-2-8-6-4-3-5-7-8/h2-9H,1H3,(H,13,14);3*3-7H,1H2,2H3;2-7H,1H2. The molecule has 2 nitrogen and oxygen atoms in total. The minimum Gasteiger partial charge on any atom is -0.478 e. The van der Waals surface area contributed by atoms with E-state index in [2.05, 4.69) is 95.6 Å². The fourth-order valence-corrected chi connectivity index (χ4v) is 3.94. The fraction of sp³-hybridized carbons (Fsp3) is 0.0851. The van der Waals surface area contributed by atoms with E-state index in [-0.39, 0.29) is 0 Å². The third-order valence-corrected chi connectivity index (χ3v) is 6.72. The van der Waals surface area contributed by atoms with Crippen LogP contribution in [0.4, 0.5) is 0 Å². The summed E-state index contributed by atoms with van der Waals surface area (Å²) < 4.78 is 0. The average Bonchev–Trinajstić information content (AvgIpc) is 3.13. The van der Waals surface area contributed by atoms with E-state index < -0.39 is 5.97 Å². The molecule has 49 heavy (non-hydrogen) atoms. The van der Waals surface area contributed by atoms with E-state index in [1.54, 1.807) is 13.0 Å². The summed E-state index contributed by atoms with van der Waals surface area (Å²) in [6.07, 6.45) is 12.2. The van der Waals surface area contributed by atoms with Gasteiger partial charge in [0.05, 0.1) is 0 Å². The molecule has 250 valence electrons. The SMILES string of the molecule is C=Cc1ccc(C)cc1.C=Cc1cccc(C)c1.C=Cc1ccccc1.C=Cc1ccccc1C.CC(C=Cc1ccccc1)=CC(=O)O. The Kier molecular flexibility index (Phi) is 21.1. The molecule has 0 radical (unpaired) electrons. The van der Waals surface area contributed by atoms with E-state index in [1.807, 2.05) is 115 Å². The molecule has 0 saturated heterocycles. The summed E-state index contributed by atoms with van der Waals surface area (Å²) >= 11 is 0. The highest BCUT2D eigenvalue weighted by Gasteiger charge is 1.90. The van der Waals surface area contributed by atoms with Gasteiger partial charge < -0.3 is 5.11 Å². The highest BCUT2D eigenvalue weighted by molar-refractivity contribution is 5.81. The summed E-state index contributed by atoms with van der Waals surface area (Å²) in [5, 5.41) is 8.47. The van der Waals surface area contributed by atoms with Gasteiger partial charge in [-0.15, -0.1) is 0 Å². The van der Waals surface area contributed by atoms with Crippen molar-refractivity contribution in [3.05, 3.63) is 222 Å². The molecule has 0 spiro atoms. The van der Waals surface area contributed by atoms with Crippen molar-refractivity contribution in [3.8, 4) is 0 Å². The zero-order valence-electron chi connectivity index (χ0n) is 29.4. The maximum Gasteiger partial charge on any atom is 0.328 e. The molecule has 0 fully saturated rings. The Morgan fingerprint density at radius 2 is 1.02 bits per heavy atom. The number of benzene rings is 5. The highest BCUT2D eigenvalue weighted by Crippen LogP contribution is 2.07. The average molecular weight is 647 g/mol. The number of carboxylic acid groups (broad SMARTS) is 1. The second-order valence-electron chi connectivity index (χ2n) is 10.9. The van der Waals surface area contributed by atoms with Gasteiger partial charge in [-0.25, -0.2) is 4.79 Å². The maximum absolute atomic E-state index is 10.3. The summed E-state index contributed by atoms with van der Waals surface area (Å²) in [4.78, 5) is 10.3. The van der Waals surface area contributed by atoms with Crippen molar-refractivity contribution in [2.24, 2.45) is 0 Å². The number of aryl methyl sites for hydroxylation is 3. The van der Waals surface area contributed by atoms with Crippen molar-refractivity contribution in [3.63, 3.8) is 0 Å². The second-order valence-corrected chi connectivity index (χ2v) is 10.9. The molecule has 0 unspecified atom stereocenters. The number of rotatable bonds is 7. The van der Waals surface area contributed by atoms with E-state index in [1.165, 1.54) is 45.0 Å². The van der Waals surface area contributed by atoms with E-state index in [4.69, 9.17) is 5.11 Å². The molecule has 2 heteroatoms. The molecule has 5 rings (SSSR count). The molecule has 0 aliphatic rings.